The lowest BCUT2D eigenvalue weighted by Gasteiger charge is -2.34. The molecule has 0 amide bonds. The van der Waals surface area contributed by atoms with E-state index in [2.05, 4.69) is 53.9 Å². The fraction of sp³-hybridized carbons (Fsp3) is 0.231. The zero-order valence-electron chi connectivity index (χ0n) is 22.5. The minimum Gasteiger partial charge on any atom is -0.743 e. The zero-order valence-corrected chi connectivity index (χ0v) is 26.6. The normalized spacial score (nSPS) is 12.9. The average Bonchev–Trinajstić information content (AvgIpc) is 3.66. The molecule has 2 aromatic carbocycles. The first-order chi connectivity index (χ1) is 20.8. The third-order valence-corrected chi connectivity index (χ3v) is 12.2. The summed E-state index contributed by atoms with van der Waals surface area (Å²) in [5, 5.41) is -4.99. The maximum absolute atomic E-state index is 12.2. The molecule has 0 fully saturated rings. The molecule has 2 heterocycles. The van der Waals surface area contributed by atoms with E-state index in [-0.39, 0.29) is 10.9 Å². The van der Waals surface area contributed by atoms with Gasteiger partial charge in [-0.1, -0.05) is 29.2 Å². The summed E-state index contributed by atoms with van der Waals surface area (Å²) in [7, 11) is -4.18. The topological polar surface area (TPSA) is 75.7 Å². The molecule has 5 nitrogen and oxygen atoms in total. The Morgan fingerprint density at radius 1 is 0.711 bits per heavy atom. The lowest BCUT2D eigenvalue weighted by atomic mass is 10.1. The molecule has 0 aliphatic carbocycles. The van der Waals surface area contributed by atoms with Gasteiger partial charge in [0.15, 0.2) is 19.9 Å². The summed E-state index contributed by atoms with van der Waals surface area (Å²) in [6.07, 6.45) is -7.16. The molecular formula is C26H19F9O5S5. The number of hydrogen-bond acceptors (Lipinski definition) is 8. The van der Waals surface area contributed by atoms with E-state index in [0.717, 1.165) is 11.5 Å². The Hall–Kier alpha value is -2.58. The molecule has 0 aliphatic heterocycles. The number of alkyl halides is 9. The van der Waals surface area contributed by atoms with Crippen molar-refractivity contribution in [2.45, 2.75) is 45.7 Å². The Morgan fingerprint density at radius 3 is 1.58 bits per heavy atom. The van der Waals surface area contributed by atoms with E-state index in [1.54, 1.807) is 25.6 Å². The molecule has 0 spiro atoms. The summed E-state index contributed by atoms with van der Waals surface area (Å²) in [6.45, 7) is 0. The predicted octanol–water partition coefficient (Wildman–Crippen LogP) is 9.03. The monoisotopic (exact) mass is 742 g/mol. The van der Waals surface area contributed by atoms with E-state index in [4.69, 9.17) is 9.47 Å². The second-order valence-corrected chi connectivity index (χ2v) is 15.7. The molecule has 0 radical (unpaired) electrons. The third-order valence-electron chi connectivity index (χ3n) is 5.47. The van der Waals surface area contributed by atoms with E-state index in [1.807, 2.05) is 47.4 Å². The van der Waals surface area contributed by atoms with Crippen molar-refractivity contribution in [3.63, 3.8) is 0 Å². The standard InChI is InChI=1S/C22H19O2S4.C4HF9O3S/c1-23-16-5-9-18(10-6-16)28(19-11-7-17(24-2)8-12-19)22-14-13-21(27-22)26-20-4-3-15-25-20;5-1(6,3(9,10)11)2(7,8)4(12,13)17(14,15)16/h3-15H,1-2H3;(H,14,15,16)/q+1;/p-1. The second-order valence-electron chi connectivity index (χ2n) is 8.38. The molecule has 246 valence electrons. The van der Waals surface area contributed by atoms with Gasteiger partial charge in [0.25, 0.3) is 0 Å². The smallest absolute Gasteiger partial charge is 0.460 e. The Morgan fingerprint density at radius 2 is 1.20 bits per heavy atom. The molecular weight excluding hydrogens is 724 g/mol. The number of rotatable bonds is 10. The van der Waals surface area contributed by atoms with Crippen LogP contribution in [-0.2, 0) is 21.0 Å². The van der Waals surface area contributed by atoms with Crippen molar-refractivity contribution in [3.05, 3.63) is 78.2 Å². The summed E-state index contributed by atoms with van der Waals surface area (Å²) < 4.78 is 150. The first-order valence-electron chi connectivity index (χ1n) is 11.8. The molecule has 0 saturated heterocycles. The lowest BCUT2D eigenvalue weighted by molar-refractivity contribution is -0.382. The fourth-order valence-corrected chi connectivity index (χ4v) is 9.63. The number of methoxy groups -OCH3 is 2. The van der Waals surface area contributed by atoms with E-state index < -0.39 is 33.4 Å². The maximum atomic E-state index is 12.2. The van der Waals surface area contributed by atoms with Gasteiger partial charge in [-0.25, -0.2) is 8.42 Å². The number of benzene rings is 2. The zero-order chi connectivity index (χ0) is 33.8. The highest BCUT2D eigenvalue weighted by molar-refractivity contribution is 8.03. The molecule has 0 N–H and O–H groups in total. The highest BCUT2D eigenvalue weighted by Gasteiger charge is 2.83. The van der Waals surface area contributed by atoms with E-state index in [1.165, 1.54) is 22.4 Å². The van der Waals surface area contributed by atoms with Gasteiger partial charge in [0.05, 0.1) is 22.6 Å². The average molecular weight is 743 g/mol. The van der Waals surface area contributed by atoms with Crippen LogP contribution in [0.4, 0.5) is 39.5 Å². The molecule has 0 atom stereocenters. The van der Waals surface area contributed by atoms with Crippen molar-refractivity contribution in [1.29, 1.82) is 0 Å². The molecule has 4 rings (SSSR count). The van der Waals surface area contributed by atoms with Crippen molar-refractivity contribution in [3.8, 4) is 11.5 Å². The number of thiophene rings is 2. The molecule has 0 aliphatic rings. The van der Waals surface area contributed by atoms with Crippen LogP contribution in [0, 0.1) is 0 Å². The molecule has 0 unspecified atom stereocenters. The largest absolute Gasteiger partial charge is 0.743 e. The number of ether oxygens (including phenoxy) is 2. The van der Waals surface area contributed by atoms with Crippen LogP contribution < -0.4 is 9.47 Å². The van der Waals surface area contributed by atoms with Crippen LogP contribution in [0.25, 0.3) is 0 Å². The van der Waals surface area contributed by atoms with Crippen molar-refractivity contribution >= 4 is 55.4 Å². The Bertz CT molecular complexity index is 1590. The van der Waals surface area contributed by atoms with Gasteiger partial charge < -0.3 is 14.0 Å². The Kier molecular flexibility index (Phi) is 11.5. The lowest BCUT2D eigenvalue weighted by Crippen LogP contribution is -2.63. The van der Waals surface area contributed by atoms with Gasteiger partial charge in [0.2, 0.25) is 4.21 Å². The minimum absolute atomic E-state index is 0.165. The van der Waals surface area contributed by atoms with Crippen LogP contribution in [0.3, 0.4) is 0 Å². The van der Waals surface area contributed by atoms with Crippen molar-refractivity contribution in [2.24, 2.45) is 0 Å². The highest BCUT2D eigenvalue weighted by Crippen LogP contribution is 2.54. The molecule has 0 bridgehead atoms. The summed E-state index contributed by atoms with van der Waals surface area (Å²) in [6, 6.07) is 25.6. The van der Waals surface area contributed by atoms with Crippen LogP contribution >= 0.6 is 34.4 Å². The van der Waals surface area contributed by atoms with Crippen LogP contribution in [0.1, 0.15) is 0 Å². The number of hydrogen-bond donors (Lipinski definition) is 0. The minimum atomic E-state index is -7.43. The van der Waals surface area contributed by atoms with Crippen LogP contribution in [0.15, 0.2) is 101 Å². The van der Waals surface area contributed by atoms with Crippen LogP contribution in [0.5, 0.6) is 11.5 Å². The SMILES string of the molecule is COc1ccc([S+](c2ccc(OC)cc2)c2ccc(Sc3cccs3)s2)cc1.O=S(=O)([O-])C(F)(F)C(F)(F)C(F)(F)C(F)(F)F. The van der Waals surface area contributed by atoms with Gasteiger partial charge in [0, 0.05) is 6.07 Å². The fourth-order valence-electron chi connectivity index (χ4n) is 3.20. The predicted molar refractivity (Wildman–Crippen MR) is 152 cm³/mol. The van der Waals surface area contributed by atoms with Crippen molar-refractivity contribution in [2.75, 3.05) is 14.2 Å². The molecule has 0 saturated carbocycles. The Labute approximate surface area is 266 Å². The van der Waals surface area contributed by atoms with Gasteiger partial charge in [-0.15, -0.1) is 11.3 Å². The summed E-state index contributed by atoms with van der Waals surface area (Å²) in [5.41, 5.74) is 0. The number of halogens is 9. The van der Waals surface area contributed by atoms with E-state index >= 15 is 0 Å². The van der Waals surface area contributed by atoms with Crippen molar-refractivity contribution in [1.82, 2.24) is 0 Å². The van der Waals surface area contributed by atoms with Crippen molar-refractivity contribution < 1.29 is 62.0 Å². The highest BCUT2D eigenvalue weighted by atomic mass is 32.2. The summed E-state index contributed by atoms with van der Waals surface area (Å²) in [5.74, 6) is -13.1. The quantitative estimate of drug-likeness (QED) is 0.0918. The first-order valence-corrected chi connectivity index (χ1v) is 16.9. The Balaban J connectivity index is 0.000000281. The summed E-state index contributed by atoms with van der Waals surface area (Å²) in [4.78, 5) is 2.56. The summed E-state index contributed by atoms with van der Waals surface area (Å²) >= 11 is 5.49. The van der Waals surface area contributed by atoms with Crippen LogP contribution in [-0.4, -0.2) is 50.5 Å². The first kappa shape index (κ1) is 36.9. The molecule has 45 heavy (non-hydrogen) atoms. The van der Waals surface area contributed by atoms with Gasteiger partial charge in [-0.3, -0.25) is 0 Å². The second kappa shape index (κ2) is 14.0. The van der Waals surface area contributed by atoms with Gasteiger partial charge in [-0.2, -0.15) is 39.5 Å². The third kappa shape index (κ3) is 8.05. The maximum Gasteiger partial charge on any atom is 0.460 e. The molecule has 2 aromatic heterocycles. The van der Waals surface area contributed by atoms with Gasteiger partial charge in [-0.05, 0) is 66.0 Å². The van der Waals surface area contributed by atoms with E-state index in [9.17, 15) is 52.5 Å². The van der Waals surface area contributed by atoms with Gasteiger partial charge in [0.1, 0.15) is 22.4 Å². The van der Waals surface area contributed by atoms with Gasteiger partial charge >= 0.3 is 23.3 Å². The molecule has 4 aromatic rings. The van der Waals surface area contributed by atoms with E-state index in [0.29, 0.717) is 0 Å². The molecule has 19 heteroatoms. The van der Waals surface area contributed by atoms with Crippen LogP contribution in [0.2, 0.25) is 0 Å².